The normalized spacial score (nSPS) is 10.2. The predicted octanol–water partition coefficient (Wildman–Crippen LogP) is 4.37. The molecule has 0 saturated heterocycles. The molecule has 2 aromatic rings. The molecule has 0 aliphatic carbocycles. The lowest BCUT2D eigenvalue weighted by Gasteiger charge is -2.11. The van der Waals surface area contributed by atoms with Crippen molar-refractivity contribution in [1.82, 2.24) is 0 Å². The number of nitrogens with one attached hydrogen (secondary N) is 1. The third kappa shape index (κ3) is 2.44. The van der Waals surface area contributed by atoms with E-state index in [1.807, 2.05) is 38.2 Å². The second-order valence-corrected chi connectivity index (χ2v) is 4.54. The molecule has 18 heavy (non-hydrogen) atoms. The Morgan fingerprint density at radius 2 is 1.78 bits per heavy atom. The zero-order chi connectivity index (χ0) is 13.1. The number of anilines is 1. The molecule has 2 nitrogen and oxygen atoms in total. The van der Waals surface area contributed by atoms with Gasteiger partial charge in [-0.15, -0.1) is 0 Å². The van der Waals surface area contributed by atoms with Gasteiger partial charge in [0.1, 0.15) is 5.75 Å². The number of methoxy groups -OCH3 is 1. The van der Waals surface area contributed by atoms with E-state index < -0.39 is 0 Å². The summed E-state index contributed by atoms with van der Waals surface area (Å²) in [4.78, 5) is 0. The molecule has 0 aromatic heterocycles. The molecule has 0 bridgehead atoms. The first-order valence-corrected chi connectivity index (χ1v) is 6.16. The van der Waals surface area contributed by atoms with E-state index in [1.54, 1.807) is 7.11 Å². The quantitative estimate of drug-likeness (QED) is 0.886. The van der Waals surface area contributed by atoms with Crippen molar-refractivity contribution in [1.29, 1.82) is 0 Å². The number of ether oxygens (including phenoxy) is 1. The standard InChI is InChI=1S/C15H16ClNO/c1-10-8-15(18-3)13(9-14(10)16)11-4-6-12(17-2)7-5-11/h4-9,17H,1-3H3. The molecule has 0 radical (unpaired) electrons. The molecule has 0 fully saturated rings. The van der Waals surface area contributed by atoms with E-state index in [0.29, 0.717) is 0 Å². The summed E-state index contributed by atoms with van der Waals surface area (Å²) in [5.74, 6) is 0.842. The van der Waals surface area contributed by atoms with Gasteiger partial charge in [0, 0.05) is 23.3 Å². The Morgan fingerprint density at radius 3 is 2.33 bits per heavy atom. The first kappa shape index (κ1) is 12.8. The number of benzene rings is 2. The van der Waals surface area contributed by atoms with Crippen molar-refractivity contribution in [3.8, 4) is 16.9 Å². The van der Waals surface area contributed by atoms with Gasteiger partial charge in [-0.25, -0.2) is 0 Å². The second kappa shape index (κ2) is 5.32. The fraction of sp³-hybridized carbons (Fsp3) is 0.200. The largest absolute Gasteiger partial charge is 0.496 e. The Labute approximate surface area is 113 Å². The minimum atomic E-state index is 0.753. The molecule has 3 heteroatoms. The number of hydrogen-bond acceptors (Lipinski definition) is 2. The van der Waals surface area contributed by atoms with Crippen molar-refractivity contribution in [3.63, 3.8) is 0 Å². The minimum Gasteiger partial charge on any atom is -0.496 e. The maximum atomic E-state index is 6.18. The molecule has 0 heterocycles. The average Bonchev–Trinajstić information content (AvgIpc) is 2.41. The van der Waals surface area contributed by atoms with Gasteiger partial charge in [-0.1, -0.05) is 23.7 Å². The highest BCUT2D eigenvalue weighted by molar-refractivity contribution is 6.31. The van der Waals surface area contributed by atoms with Crippen LogP contribution in [0.5, 0.6) is 5.75 Å². The van der Waals surface area contributed by atoms with Crippen LogP contribution >= 0.6 is 11.6 Å². The van der Waals surface area contributed by atoms with E-state index >= 15 is 0 Å². The molecule has 94 valence electrons. The monoisotopic (exact) mass is 261 g/mol. The van der Waals surface area contributed by atoms with Crippen molar-refractivity contribution in [2.75, 3.05) is 19.5 Å². The maximum Gasteiger partial charge on any atom is 0.127 e. The molecule has 0 aliphatic heterocycles. The summed E-state index contributed by atoms with van der Waals surface area (Å²) in [7, 11) is 3.58. The van der Waals surface area contributed by atoms with Crippen LogP contribution in [-0.2, 0) is 0 Å². The van der Waals surface area contributed by atoms with Crippen molar-refractivity contribution in [2.24, 2.45) is 0 Å². The summed E-state index contributed by atoms with van der Waals surface area (Å²) < 4.78 is 5.42. The Kier molecular flexibility index (Phi) is 3.78. The van der Waals surface area contributed by atoms with E-state index in [4.69, 9.17) is 16.3 Å². The van der Waals surface area contributed by atoms with Gasteiger partial charge in [0.05, 0.1) is 7.11 Å². The van der Waals surface area contributed by atoms with E-state index in [9.17, 15) is 0 Å². The summed E-state index contributed by atoms with van der Waals surface area (Å²) in [6, 6.07) is 12.1. The highest BCUT2D eigenvalue weighted by Gasteiger charge is 2.09. The van der Waals surface area contributed by atoms with Gasteiger partial charge in [-0.2, -0.15) is 0 Å². The van der Waals surface area contributed by atoms with E-state index in [1.165, 1.54) is 0 Å². The Balaban J connectivity index is 2.51. The highest BCUT2D eigenvalue weighted by Crippen LogP contribution is 2.34. The van der Waals surface area contributed by atoms with Crippen molar-refractivity contribution < 1.29 is 4.74 Å². The number of hydrogen-bond donors (Lipinski definition) is 1. The smallest absolute Gasteiger partial charge is 0.127 e. The molecule has 0 aliphatic rings. The summed E-state index contributed by atoms with van der Waals surface area (Å²) in [5, 5.41) is 3.85. The predicted molar refractivity (Wildman–Crippen MR) is 77.7 cm³/mol. The molecule has 2 aromatic carbocycles. The number of aryl methyl sites for hydroxylation is 1. The van der Waals surface area contributed by atoms with Crippen LogP contribution in [0.4, 0.5) is 5.69 Å². The van der Waals surface area contributed by atoms with Gasteiger partial charge in [-0.05, 0) is 42.3 Å². The third-order valence-corrected chi connectivity index (χ3v) is 3.37. The van der Waals surface area contributed by atoms with E-state index in [2.05, 4.69) is 17.4 Å². The third-order valence-electron chi connectivity index (χ3n) is 2.97. The van der Waals surface area contributed by atoms with E-state index in [-0.39, 0.29) is 0 Å². The van der Waals surface area contributed by atoms with Crippen molar-refractivity contribution in [3.05, 3.63) is 47.0 Å². The van der Waals surface area contributed by atoms with Gasteiger partial charge < -0.3 is 10.1 Å². The molecular weight excluding hydrogens is 246 g/mol. The Morgan fingerprint density at radius 1 is 1.11 bits per heavy atom. The van der Waals surface area contributed by atoms with Crippen molar-refractivity contribution >= 4 is 17.3 Å². The zero-order valence-electron chi connectivity index (χ0n) is 10.8. The average molecular weight is 262 g/mol. The van der Waals surface area contributed by atoms with Gasteiger partial charge in [0.15, 0.2) is 0 Å². The summed E-state index contributed by atoms with van der Waals surface area (Å²) in [6.45, 7) is 1.97. The first-order valence-electron chi connectivity index (χ1n) is 5.78. The fourth-order valence-electron chi connectivity index (χ4n) is 1.87. The van der Waals surface area contributed by atoms with Crippen LogP contribution in [0.25, 0.3) is 11.1 Å². The molecule has 2 rings (SSSR count). The SMILES string of the molecule is CNc1ccc(-c2cc(Cl)c(C)cc2OC)cc1. The van der Waals surface area contributed by atoms with Gasteiger partial charge in [-0.3, -0.25) is 0 Å². The summed E-state index contributed by atoms with van der Waals surface area (Å²) in [6.07, 6.45) is 0. The molecular formula is C15H16ClNO. The van der Waals surface area contributed by atoms with Crippen LogP contribution in [0, 0.1) is 6.92 Å². The highest BCUT2D eigenvalue weighted by atomic mass is 35.5. The lowest BCUT2D eigenvalue weighted by Crippen LogP contribution is -1.91. The van der Waals surface area contributed by atoms with Crippen molar-refractivity contribution in [2.45, 2.75) is 6.92 Å². The lowest BCUT2D eigenvalue weighted by atomic mass is 10.0. The molecule has 1 N–H and O–H groups in total. The zero-order valence-corrected chi connectivity index (χ0v) is 11.5. The Hall–Kier alpha value is -1.67. The lowest BCUT2D eigenvalue weighted by molar-refractivity contribution is 0.416. The topological polar surface area (TPSA) is 21.3 Å². The maximum absolute atomic E-state index is 6.18. The molecule has 0 unspecified atom stereocenters. The number of halogens is 1. The molecule has 0 atom stereocenters. The van der Waals surface area contributed by atoms with Crippen LogP contribution in [0.1, 0.15) is 5.56 Å². The van der Waals surface area contributed by atoms with Gasteiger partial charge >= 0.3 is 0 Å². The molecule has 0 saturated carbocycles. The minimum absolute atomic E-state index is 0.753. The fourth-order valence-corrected chi connectivity index (χ4v) is 2.03. The summed E-state index contributed by atoms with van der Waals surface area (Å²) in [5.41, 5.74) is 4.20. The molecule has 0 amide bonds. The van der Waals surface area contributed by atoms with Crippen LogP contribution < -0.4 is 10.1 Å². The van der Waals surface area contributed by atoms with E-state index in [0.717, 1.165) is 33.1 Å². The first-order chi connectivity index (χ1) is 8.65. The van der Waals surface area contributed by atoms with Crippen LogP contribution in [0.2, 0.25) is 5.02 Å². The van der Waals surface area contributed by atoms with Crippen LogP contribution in [0.15, 0.2) is 36.4 Å². The van der Waals surface area contributed by atoms with Crippen LogP contribution in [-0.4, -0.2) is 14.2 Å². The Bertz CT molecular complexity index is 549. The van der Waals surface area contributed by atoms with Gasteiger partial charge in [0.25, 0.3) is 0 Å². The van der Waals surface area contributed by atoms with Crippen LogP contribution in [0.3, 0.4) is 0 Å². The number of rotatable bonds is 3. The second-order valence-electron chi connectivity index (χ2n) is 4.13. The van der Waals surface area contributed by atoms with Gasteiger partial charge in [0.2, 0.25) is 0 Å². The molecule has 0 spiro atoms. The summed E-state index contributed by atoms with van der Waals surface area (Å²) >= 11 is 6.18.